The Morgan fingerprint density at radius 2 is 1.91 bits per heavy atom. The number of nitrogens with zero attached hydrogens (tertiary/aromatic N) is 1. The summed E-state index contributed by atoms with van der Waals surface area (Å²) < 4.78 is 12.9. The second-order valence-corrected chi connectivity index (χ2v) is 6.27. The van der Waals surface area contributed by atoms with Crippen LogP contribution in [-0.2, 0) is 13.0 Å². The van der Waals surface area contributed by atoms with E-state index in [2.05, 4.69) is 4.90 Å². The molecule has 2 aromatic rings. The summed E-state index contributed by atoms with van der Waals surface area (Å²) in [5.41, 5.74) is 3.02. The number of phenols is 1. The third-order valence-electron chi connectivity index (χ3n) is 4.68. The number of benzene rings is 2. The molecule has 4 heteroatoms. The zero-order valence-electron chi connectivity index (χ0n) is 13.2. The molecular weight excluding hydrogens is 293 g/mol. The lowest BCUT2D eigenvalue weighted by Crippen LogP contribution is -2.42. The molecule has 2 aromatic carbocycles. The van der Waals surface area contributed by atoms with Crippen LogP contribution in [0.25, 0.3) is 0 Å². The first-order chi connectivity index (χ1) is 11.0. The van der Waals surface area contributed by atoms with Gasteiger partial charge in [-0.15, -0.1) is 0 Å². The van der Waals surface area contributed by atoms with Crippen molar-refractivity contribution in [2.24, 2.45) is 0 Å². The SMILES string of the molecule is CC1C(O)c2cc(O)ccc2CN1CCCc1ccc(F)cc1. The number of fused-ring (bicyclic) bond motifs is 1. The van der Waals surface area contributed by atoms with Crippen molar-refractivity contribution in [1.82, 2.24) is 4.90 Å². The van der Waals surface area contributed by atoms with Crippen molar-refractivity contribution in [1.29, 1.82) is 0 Å². The van der Waals surface area contributed by atoms with Gasteiger partial charge >= 0.3 is 0 Å². The summed E-state index contributed by atoms with van der Waals surface area (Å²) in [5, 5.41) is 20.1. The fourth-order valence-corrected chi connectivity index (χ4v) is 3.24. The fraction of sp³-hybridized carbons (Fsp3) is 0.368. The molecule has 0 fully saturated rings. The minimum absolute atomic E-state index is 0.0116. The predicted octanol–water partition coefficient (Wildman–Crippen LogP) is 3.40. The number of halogens is 1. The minimum Gasteiger partial charge on any atom is -0.508 e. The first-order valence-electron chi connectivity index (χ1n) is 8.03. The van der Waals surface area contributed by atoms with Gasteiger partial charge in [0.2, 0.25) is 0 Å². The molecule has 0 bridgehead atoms. The topological polar surface area (TPSA) is 43.7 Å². The molecule has 3 nitrogen and oxygen atoms in total. The quantitative estimate of drug-likeness (QED) is 0.909. The van der Waals surface area contributed by atoms with Gasteiger partial charge in [-0.25, -0.2) is 4.39 Å². The lowest BCUT2D eigenvalue weighted by atomic mass is 9.91. The molecule has 0 saturated carbocycles. The second-order valence-electron chi connectivity index (χ2n) is 6.27. The van der Waals surface area contributed by atoms with Crippen molar-refractivity contribution in [2.75, 3.05) is 6.54 Å². The van der Waals surface area contributed by atoms with Gasteiger partial charge in [0.25, 0.3) is 0 Å². The summed E-state index contributed by atoms with van der Waals surface area (Å²) in [6.07, 6.45) is 1.26. The first-order valence-corrected chi connectivity index (χ1v) is 8.03. The third kappa shape index (κ3) is 3.54. The van der Waals surface area contributed by atoms with Gasteiger partial charge in [-0.1, -0.05) is 18.2 Å². The summed E-state index contributed by atoms with van der Waals surface area (Å²) in [6.45, 7) is 3.66. The van der Waals surface area contributed by atoms with Crippen molar-refractivity contribution in [2.45, 2.75) is 38.5 Å². The Balaban J connectivity index is 1.62. The smallest absolute Gasteiger partial charge is 0.123 e. The molecular formula is C19H22FNO2. The molecule has 0 saturated heterocycles. The molecule has 0 amide bonds. The summed E-state index contributed by atoms with van der Waals surface area (Å²) >= 11 is 0. The van der Waals surface area contributed by atoms with Crippen LogP contribution in [0, 0.1) is 5.82 Å². The van der Waals surface area contributed by atoms with Crippen LogP contribution in [-0.4, -0.2) is 27.7 Å². The van der Waals surface area contributed by atoms with Crippen molar-refractivity contribution in [3.8, 4) is 5.75 Å². The zero-order valence-corrected chi connectivity index (χ0v) is 13.2. The molecule has 0 radical (unpaired) electrons. The first kappa shape index (κ1) is 16.0. The largest absolute Gasteiger partial charge is 0.508 e. The molecule has 0 aromatic heterocycles. The van der Waals surface area contributed by atoms with E-state index in [0.29, 0.717) is 0 Å². The molecule has 1 heterocycles. The maximum Gasteiger partial charge on any atom is 0.123 e. The van der Waals surface area contributed by atoms with Crippen LogP contribution >= 0.6 is 0 Å². The van der Waals surface area contributed by atoms with Crippen LogP contribution in [0.2, 0.25) is 0 Å². The maximum absolute atomic E-state index is 12.9. The standard InChI is InChI=1S/C19H22FNO2/c1-13-19(23)18-11-17(22)9-6-15(18)12-21(13)10-2-3-14-4-7-16(20)8-5-14/h4-9,11,13,19,22-23H,2-3,10,12H2,1H3. The van der Waals surface area contributed by atoms with Crippen molar-refractivity contribution in [3.63, 3.8) is 0 Å². The zero-order chi connectivity index (χ0) is 16.4. The average molecular weight is 315 g/mol. The lowest BCUT2D eigenvalue weighted by Gasteiger charge is -2.38. The van der Waals surface area contributed by atoms with Crippen LogP contribution < -0.4 is 0 Å². The van der Waals surface area contributed by atoms with Gasteiger partial charge in [-0.05, 0) is 67.3 Å². The molecule has 0 spiro atoms. The average Bonchev–Trinajstić information content (AvgIpc) is 2.54. The Hall–Kier alpha value is -1.91. The van der Waals surface area contributed by atoms with Crippen LogP contribution in [0.4, 0.5) is 4.39 Å². The Bertz CT molecular complexity index is 672. The van der Waals surface area contributed by atoms with E-state index >= 15 is 0 Å². The van der Waals surface area contributed by atoms with Crippen LogP contribution in [0.15, 0.2) is 42.5 Å². The number of aliphatic hydroxyl groups is 1. The number of hydrogen-bond acceptors (Lipinski definition) is 3. The predicted molar refractivity (Wildman–Crippen MR) is 87.7 cm³/mol. The van der Waals surface area contributed by atoms with E-state index in [4.69, 9.17) is 0 Å². The number of aromatic hydroxyl groups is 1. The van der Waals surface area contributed by atoms with E-state index in [1.807, 2.05) is 25.1 Å². The Kier molecular flexibility index (Phi) is 4.64. The van der Waals surface area contributed by atoms with Gasteiger partial charge in [-0.3, -0.25) is 4.90 Å². The van der Waals surface area contributed by atoms with E-state index in [1.165, 1.54) is 12.1 Å². The molecule has 2 atom stereocenters. The van der Waals surface area contributed by atoms with Crippen molar-refractivity contribution < 1.29 is 14.6 Å². The van der Waals surface area contributed by atoms with Crippen molar-refractivity contribution >= 4 is 0 Å². The van der Waals surface area contributed by atoms with Gasteiger partial charge in [0.15, 0.2) is 0 Å². The highest BCUT2D eigenvalue weighted by molar-refractivity contribution is 5.38. The lowest BCUT2D eigenvalue weighted by molar-refractivity contribution is 0.0368. The number of aryl methyl sites for hydroxylation is 1. The monoisotopic (exact) mass is 315 g/mol. The van der Waals surface area contributed by atoms with E-state index in [9.17, 15) is 14.6 Å². The van der Waals surface area contributed by atoms with E-state index < -0.39 is 6.10 Å². The minimum atomic E-state index is -0.586. The number of aliphatic hydroxyl groups excluding tert-OH is 1. The van der Waals surface area contributed by atoms with E-state index in [0.717, 1.165) is 42.6 Å². The highest BCUT2D eigenvalue weighted by Crippen LogP contribution is 2.33. The molecule has 2 unspecified atom stereocenters. The van der Waals surface area contributed by atoms with Crippen LogP contribution in [0.1, 0.15) is 36.1 Å². The van der Waals surface area contributed by atoms with E-state index in [-0.39, 0.29) is 17.6 Å². The Labute approximate surface area is 136 Å². The summed E-state index contributed by atoms with van der Waals surface area (Å²) in [4.78, 5) is 2.26. The second kappa shape index (κ2) is 6.69. The summed E-state index contributed by atoms with van der Waals surface area (Å²) in [5.74, 6) is -0.0128. The number of rotatable bonds is 4. The molecule has 1 aliphatic rings. The summed E-state index contributed by atoms with van der Waals surface area (Å²) in [6, 6.07) is 11.8. The van der Waals surface area contributed by atoms with Crippen LogP contribution in [0.3, 0.4) is 0 Å². The Morgan fingerprint density at radius 1 is 1.17 bits per heavy atom. The summed E-state index contributed by atoms with van der Waals surface area (Å²) in [7, 11) is 0. The fourth-order valence-electron chi connectivity index (χ4n) is 3.24. The molecule has 2 N–H and O–H groups in total. The van der Waals surface area contributed by atoms with Gasteiger partial charge in [0.05, 0.1) is 6.10 Å². The molecule has 3 rings (SSSR count). The Morgan fingerprint density at radius 3 is 2.65 bits per heavy atom. The molecule has 23 heavy (non-hydrogen) atoms. The highest BCUT2D eigenvalue weighted by Gasteiger charge is 2.30. The van der Waals surface area contributed by atoms with Crippen molar-refractivity contribution in [3.05, 3.63) is 65.0 Å². The normalized spacial score (nSPS) is 21.2. The van der Waals surface area contributed by atoms with E-state index in [1.54, 1.807) is 12.1 Å². The van der Waals surface area contributed by atoms with Gasteiger partial charge in [0, 0.05) is 12.6 Å². The molecule has 0 aliphatic carbocycles. The highest BCUT2D eigenvalue weighted by atomic mass is 19.1. The van der Waals surface area contributed by atoms with Gasteiger partial charge in [0.1, 0.15) is 11.6 Å². The molecule has 122 valence electrons. The number of phenolic OH excluding ortho intramolecular Hbond substituents is 1. The maximum atomic E-state index is 12.9. The van der Waals surface area contributed by atoms with Crippen LogP contribution in [0.5, 0.6) is 5.75 Å². The molecule has 1 aliphatic heterocycles. The van der Waals surface area contributed by atoms with Gasteiger partial charge in [-0.2, -0.15) is 0 Å². The third-order valence-corrected chi connectivity index (χ3v) is 4.68. The number of hydrogen-bond donors (Lipinski definition) is 2. The van der Waals surface area contributed by atoms with Gasteiger partial charge < -0.3 is 10.2 Å².